The zero-order chi connectivity index (χ0) is 24.9. The molecule has 0 fully saturated rings. The topological polar surface area (TPSA) is 91.0 Å². The summed E-state index contributed by atoms with van der Waals surface area (Å²) in [6.45, 7) is 2.41. The standard InChI is InChI=1S/C25H22ClF2N5O2/c1-2-33(14-15-4-3-7-29-12-15)25(35)22(9-16-5-6-19(27)11-20(16)28)32-24(34)21-10-17-8-18(26)13-30-23(17)31-21/h3-8,10-13,22H,2,9,14H2,1H3,(H,30,31)(H,32,34)/t22-/m0/s1. The molecule has 3 heterocycles. The molecule has 1 aromatic carbocycles. The first kappa shape index (κ1) is 24.3. The van der Waals surface area contributed by atoms with Gasteiger partial charge in [-0.15, -0.1) is 0 Å². The molecule has 10 heteroatoms. The maximum Gasteiger partial charge on any atom is 0.268 e. The Balaban J connectivity index is 1.61. The van der Waals surface area contributed by atoms with Crippen molar-refractivity contribution in [1.82, 2.24) is 25.2 Å². The molecule has 3 aromatic heterocycles. The van der Waals surface area contributed by atoms with E-state index in [-0.39, 0.29) is 24.2 Å². The van der Waals surface area contributed by atoms with Gasteiger partial charge in [-0.05, 0) is 42.3 Å². The highest BCUT2D eigenvalue weighted by molar-refractivity contribution is 6.31. The maximum absolute atomic E-state index is 14.4. The van der Waals surface area contributed by atoms with E-state index in [1.807, 2.05) is 6.07 Å². The molecule has 7 nitrogen and oxygen atoms in total. The van der Waals surface area contributed by atoms with Crippen molar-refractivity contribution >= 4 is 34.4 Å². The second kappa shape index (κ2) is 10.6. The largest absolute Gasteiger partial charge is 0.339 e. The average molecular weight is 498 g/mol. The number of carbonyl (C=O) groups is 2. The Bertz CT molecular complexity index is 1360. The lowest BCUT2D eigenvalue weighted by Gasteiger charge is -2.27. The number of nitrogens with one attached hydrogen (secondary N) is 2. The lowest BCUT2D eigenvalue weighted by Crippen LogP contribution is -2.49. The fraction of sp³-hybridized carbons (Fsp3) is 0.200. The van der Waals surface area contributed by atoms with Gasteiger partial charge >= 0.3 is 0 Å². The van der Waals surface area contributed by atoms with Crippen LogP contribution in [0.15, 0.2) is 61.1 Å². The maximum atomic E-state index is 14.4. The van der Waals surface area contributed by atoms with Gasteiger partial charge in [0.25, 0.3) is 5.91 Å². The molecule has 35 heavy (non-hydrogen) atoms. The summed E-state index contributed by atoms with van der Waals surface area (Å²) in [7, 11) is 0. The third-order valence-corrected chi connectivity index (χ3v) is 5.72. The fourth-order valence-electron chi connectivity index (χ4n) is 3.73. The second-order valence-electron chi connectivity index (χ2n) is 7.95. The molecule has 0 saturated carbocycles. The lowest BCUT2D eigenvalue weighted by molar-refractivity contribution is -0.133. The van der Waals surface area contributed by atoms with Crippen molar-refractivity contribution in [2.24, 2.45) is 0 Å². The van der Waals surface area contributed by atoms with Crippen LogP contribution in [-0.4, -0.2) is 44.3 Å². The van der Waals surface area contributed by atoms with Gasteiger partial charge in [0, 0.05) is 49.6 Å². The van der Waals surface area contributed by atoms with Crippen LogP contribution in [-0.2, 0) is 17.8 Å². The summed E-state index contributed by atoms with van der Waals surface area (Å²) in [4.78, 5) is 39.2. The Morgan fingerprint density at radius 1 is 1.17 bits per heavy atom. The highest BCUT2D eigenvalue weighted by Crippen LogP contribution is 2.19. The normalized spacial score (nSPS) is 11.9. The van der Waals surface area contributed by atoms with Gasteiger partial charge < -0.3 is 15.2 Å². The van der Waals surface area contributed by atoms with Crippen molar-refractivity contribution in [1.29, 1.82) is 0 Å². The number of rotatable bonds is 8. The molecule has 0 aliphatic rings. The van der Waals surface area contributed by atoms with Gasteiger partial charge in [0.15, 0.2) is 0 Å². The third-order valence-electron chi connectivity index (χ3n) is 5.51. The summed E-state index contributed by atoms with van der Waals surface area (Å²) in [6, 6.07) is 8.83. The number of aromatic amines is 1. The van der Waals surface area contributed by atoms with E-state index in [0.717, 1.165) is 17.7 Å². The summed E-state index contributed by atoms with van der Waals surface area (Å²) < 4.78 is 27.8. The van der Waals surface area contributed by atoms with Crippen LogP contribution < -0.4 is 5.32 Å². The number of nitrogens with zero attached hydrogens (tertiary/aromatic N) is 3. The number of aromatic nitrogens is 3. The minimum atomic E-state index is -1.11. The first-order valence-corrected chi connectivity index (χ1v) is 11.3. The van der Waals surface area contributed by atoms with Crippen LogP contribution in [0, 0.1) is 11.6 Å². The van der Waals surface area contributed by atoms with Crippen LogP contribution >= 0.6 is 11.6 Å². The zero-order valence-electron chi connectivity index (χ0n) is 18.8. The molecule has 0 saturated heterocycles. The number of H-pyrrole nitrogens is 1. The van der Waals surface area contributed by atoms with Gasteiger partial charge in [0.1, 0.15) is 29.0 Å². The van der Waals surface area contributed by atoms with E-state index >= 15 is 0 Å². The van der Waals surface area contributed by atoms with E-state index in [4.69, 9.17) is 11.6 Å². The van der Waals surface area contributed by atoms with E-state index in [2.05, 4.69) is 20.3 Å². The number of fused-ring (bicyclic) bond motifs is 1. The number of amides is 2. The molecular weight excluding hydrogens is 476 g/mol. The van der Waals surface area contributed by atoms with Gasteiger partial charge in [-0.25, -0.2) is 13.8 Å². The summed E-state index contributed by atoms with van der Waals surface area (Å²) in [5.74, 6) is -2.51. The average Bonchev–Trinajstić information content (AvgIpc) is 3.27. The van der Waals surface area contributed by atoms with E-state index < -0.39 is 29.5 Å². The van der Waals surface area contributed by atoms with Crippen LogP contribution in [0.5, 0.6) is 0 Å². The van der Waals surface area contributed by atoms with E-state index in [9.17, 15) is 18.4 Å². The van der Waals surface area contributed by atoms with E-state index in [1.54, 1.807) is 37.5 Å². The first-order valence-electron chi connectivity index (χ1n) is 10.9. The predicted molar refractivity (Wildman–Crippen MR) is 128 cm³/mol. The Hall–Kier alpha value is -3.85. The number of halogens is 3. The monoisotopic (exact) mass is 497 g/mol. The van der Waals surface area contributed by atoms with Gasteiger partial charge in [-0.2, -0.15) is 0 Å². The summed E-state index contributed by atoms with van der Waals surface area (Å²) in [6.07, 6.45) is 4.56. The minimum Gasteiger partial charge on any atom is -0.339 e. The molecule has 0 radical (unpaired) electrons. The van der Waals surface area contributed by atoms with Gasteiger partial charge in [0.05, 0.1) is 5.02 Å². The van der Waals surface area contributed by atoms with Crippen molar-refractivity contribution in [2.75, 3.05) is 6.54 Å². The number of pyridine rings is 2. The number of benzene rings is 1. The summed E-state index contributed by atoms with van der Waals surface area (Å²) >= 11 is 5.97. The van der Waals surface area contributed by atoms with Crippen molar-refractivity contribution in [2.45, 2.75) is 25.9 Å². The predicted octanol–water partition coefficient (Wildman–Crippen LogP) is 4.28. The molecule has 0 spiro atoms. The second-order valence-corrected chi connectivity index (χ2v) is 8.39. The van der Waals surface area contributed by atoms with Crippen LogP contribution in [0.3, 0.4) is 0 Å². The highest BCUT2D eigenvalue weighted by atomic mass is 35.5. The van der Waals surface area contributed by atoms with Crippen LogP contribution in [0.1, 0.15) is 28.5 Å². The highest BCUT2D eigenvalue weighted by Gasteiger charge is 2.28. The molecule has 0 bridgehead atoms. The number of carbonyl (C=O) groups excluding carboxylic acids is 2. The zero-order valence-corrected chi connectivity index (χ0v) is 19.5. The molecule has 4 aromatic rings. The van der Waals surface area contributed by atoms with Crippen molar-refractivity contribution in [3.8, 4) is 0 Å². The Labute approximate surface area is 205 Å². The quantitative estimate of drug-likeness (QED) is 0.380. The smallest absolute Gasteiger partial charge is 0.268 e. The number of hydrogen-bond donors (Lipinski definition) is 2. The molecule has 180 valence electrons. The van der Waals surface area contributed by atoms with Crippen LogP contribution in [0.25, 0.3) is 11.0 Å². The number of hydrogen-bond acceptors (Lipinski definition) is 4. The van der Waals surface area contributed by atoms with Crippen molar-refractivity contribution in [3.63, 3.8) is 0 Å². The van der Waals surface area contributed by atoms with Gasteiger partial charge in [0.2, 0.25) is 5.91 Å². The van der Waals surface area contributed by atoms with Crippen molar-refractivity contribution in [3.05, 3.63) is 94.5 Å². The first-order chi connectivity index (χ1) is 16.8. The minimum absolute atomic E-state index is 0.104. The Kier molecular flexibility index (Phi) is 7.36. The third kappa shape index (κ3) is 5.81. The molecule has 0 unspecified atom stereocenters. The van der Waals surface area contributed by atoms with Crippen molar-refractivity contribution < 1.29 is 18.4 Å². The molecular formula is C25H22ClF2N5O2. The van der Waals surface area contributed by atoms with Crippen LogP contribution in [0.2, 0.25) is 5.02 Å². The Morgan fingerprint density at radius 2 is 2.00 bits per heavy atom. The SMILES string of the molecule is CCN(Cc1cccnc1)C(=O)[C@H](Cc1ccc(F)cc1F)NC(=O)c1cc2cc(Cl)cnc2[nH]1. The van der Waals surface area contributed by atoms with E-state index in [1.165, 1.54) is 17.2 Å². The Morgan fingerprint density at radius 3 is 2.71 bits per heavy atom. The van der Waals surface area contributed by atoms with Gasteiger partial charge in [-0.3, -0.25) is 14.6 Å². The van der Waals surface area contributed by atoms with Gasteiger partial charge in [-0.1, -0.05) is 23.7 Å². The molecule has 0 aliphatic carbocycles. The lowest BCUT2D eigenvalue weighted by atomic mass is 10.0. The molecule has 2 amide bonds. The van der Waals surface area contributed by atoms with E-state index in [0.29, 0.717) is 22.6 Å². The molecule has 0 aliphatic heterocycles. The van der Waals surface area contributed by atoms with Crippen LogP contribution in [0.4, 0.5) is 8.78 Å². The summed E-state index contributed by atoms with van der Waals surface area (Å²) in [5, 5.41) is 3.74. The molecule has 4 rings (SSSR count). The fourth-order valence-corrected chi connectivity index (χ4v) is 3.90. The molecule has 1 atom stereocenters. The molecule has 2 N–H and O–H groups in total. The summed E-state index contributed by atoms with van der Waals surface area (Å²) in [5.41, 5.74) is 1.54. The number of likely N-dealkylation sites (N-methyl/N-ethyl adjacent to an activating group) is 1.